The predicted molar refractivity (Wildman–Crippen MR) is 112 cm³/mol. The number of nitrogens with one attached hydrogen (secondary N) is 3. The third-order valence-corrected chi connectivity index (χ3v) is 5.76. The van der Waals surface area contributed by atoms with E-state index < -0.39 is 0 Å². The molecule has 3 rings (SSSR count). The highest BCUT2D eigenvalue weighted by Crippen LogP contribution is 2.27. The number of carbonyl (C=O) groups excluding carboxylic acids is 2. The molecule has 0 spiro atoms. The Labute approximate surface area is 171 Å². The average Bonchev–Trinajstić information content (AvgIpc) is 2.99. The van der Waals surface area contributed by atoms with Crippen LogP contribution >= 0.6 is 11.3 Å². The van der Waals surface area contributed by atoms with Crippen molar-refractivity contribution in [3.05, 3.63) is 50.9 Å². The summed E-state index contributed by atoms with van der Waals surface area (Å²) in [5.41, 5.74) is 1.08. The lowest BCUT2D eigenvalue weighted by molar-refractivity contribution is -0.885. The fourth-order valence-corrected chi connectivity index (χ4v) is 4.21. The van der Waals surface area contributed by atoms with E-state index in [0.29, 0.717) is 44.5 Å². The normalized spacial score (nSPS) is 12.0. The number of rotatable bonds is 7. The summed E-state index contributed by atoms with van der Waals surface area (Å²) in [6.07, 6.45) is 0. The zero-order valence-corrected chi connectivity index (χ0v) is 17.5. The fraction of sp³-hybridized carbons (Fsp3) is 0.300. The van der Waals surface area contributed by atoms with Gasteiger partial charge in [0.25, 0.3) is 11.5 Å². The van der Waals surface area contributed by atoms with Crippen LogP contribution in [0.4, 0.5) is 5.69 Å². The lowest BCUT2D eigenvalue weighted by Crippen LogP contribution is -3.08. The van der Waals surface area contributed by atoms with Crippen LogP contribution < -0.4 is 20.5 Å². The van der Waals surface area contributed by atoms with Gasteiger partial charge in [-0.2, -0.15) is 0 Å². The number of aryl methyl sites for hydroxylation is 1. The molecule has 3 aromatic rings. The molecule has 3 N–H and O–H groups in total. The SMILES string of the molecule is COc1ccc(NC(=O)C[NH+](C)Cc2nc3sc(C(C)=O)c(C)c3c(=O)[nH]2)cc1. The summed E-state index contributed by atoms with van der Waals surface area (Å²) >= 11 is 1.23. The summed E-state index contributed by atoms with van der Waals surface area (Å²) in [6, 6.07) is 7.08. The Morgan fingerprint density at radius 3 is 2.59 bits per heavy atom. The molecule has 1 aromatic carbocycles. The molecule has 0 radical (unpaired) electrons. The first-order valence-corrected chi connectivity index (χ1v) is 9.88. The number of fused-ring (bicyclic) bond motifs is 1. The Morgan fingerprint density at radius 1 is 1.28 bits per heavy atom. The summed E-state index contributed by atoms with van der Waals surface area (Å²) in [4.78, 5) is 45.7. The van der Waals surface area contributed by atoms with Gasteiger partial charge in [-0.1, -0.05) is 0 Å². The molecule has 1 amide bonds. The molecule has 2 heterocycles. The zero-order valence-electron chi connectivity index (χ0n) is 16.7. The van der Waals surface area contributed by atoms with Crippen LogP contribution in [0.15, 0.2) is 29.1 Å². The Hall–Kier alpha value is -3.04. The minimum Gasteiger partial charge on any atom is -0.497 e. The van der Waals surface area contributed by atoms with E-state index >= 15 is 0 Å². The largest absolute Gasteiger partial charge is 0.497 e. The number of quaternary nitrogens is 1. The molecule has 1 unspecified atom stereocenters. The van der Waals surface area contributed by atoms with E-state index in [0.717, 1.165) is 4.90 Å². The van der Waals surface area contributed by atoms with Crippen molar-refractivity contribution in [2.75, 3.05) is 26.0 Å². The van der Waals surface area contributed by atoms with Crippen LogP contribution in [0, 0.1) is 6.92 Å². The number of aromatic amines is 1. The van der Waals surface area contributed by atoms with E-state index in [4.69, 9.17) is 4.74 Å². The molecule has 29 heavy (non-hydrogen) atoms. The number of carbonyl (C=O) groups is 2. The Balaban J connectivity index is 1.68. The minimum atomic E-state index is -0.262. The topological polar surface area (TPSA) is 106 Å². The first-order valence-electron chi connectivity index (χ1n) is 9.07. The van der Waals surface area contributed by atoms with Gasteiger partial charge in [0, 0.05) is 5.69 Å². The van der Waals surface area contributed by atoms with Crippen molar-refractivity contribution in [1.82, 2.24) is 9.97 Å². The highest BCUT2D eigenvalue weighted by Gasteiger charge is 2.18. The second kappa shape index (κ2) is 8.54. The molecule has 1 atom stereocenters. The summed E-state index contributed by atoms with van der Waals surface area (Å²) in [6.45, 7) is 3.81. The number of H-pyrrole nitrogens is 1. The van der Waals surface area contributed by atoms with Gasteiger partial charge >= 0.3 is 0 Å². The molecule has 0 aliphatic heterocycles. The molecule has 9 heteroatoms. The van der Waals surface area contributed by atoms with Gasteiger partial charge < -0.3 is 19.9 Å². The molecule has 0 aliphatic carbocycles. The number of nitrogens with zero attached hydrogens (tertiary/aromatic N) is 1. The fourth-order valence-electron chi connectivity index (χ4n) is 3.11. The van der Waals surface area contributed by atoms with Gasteiger partial charge in [0.15, 0.2) is 18.2 Å². The average molecular weight is 415 g/mol. The van der Waals surface area contributed by atoms with Crippen molar-refractivity contribution in [1.29, 1.82) is 0 Å². The lowest BCUT2D eigenvalue weighted by Gasteiger charge is -2.13. The highest BCUT2D eigenvalue weighted by atomic mass is 32.1. The number of ether oxygens (including phenoxy) is 1. The van der Waals surface area contributed by atoms with Crippen molar-refractivity contribution in [3.63, 3.8) is 0 Å². The second-order valence-corrected chi connectivity index (χ2v) is 7.89. The number of hydrogen-bond acceptors (Lipinski definition) is 6. The third-order valence-electron chi connectivity index (χ3n) is 4.47. The number of anilines is 1. The van der Waals surface area contributed by atoms with E-state index in [1.54, 1.807) is 38.3 Å². The third kappa shape index (κ3) is 4.69. The molecule has 2 aromatic heterocycles. The van der Waals surface area contributed by atoms with Gasteiger partial charge in [-0.15, -0.1) is 11.3 Å². The number of amides is 1. The van der Waals surface area contributed by atoms with Crippen LogP contribution in [0.25, 0.3) is 10.2 Å². The van der Waals surface area contributed by atoms with Crippen molar-refractivity contribution < 1.29 is 19.2 Å². The van der Waals surface area contributed by atoms with Crippen molar-refractivity contribution in [2.24, 2.45) is 0 Å². The number of likely N-dealkylation sites (N-methyl/N-ethyl adjacent to an activating group) is 1. The number of thiophene rings is 1. The molecular weight excluding hydrogens is 392 g/mol. The van der Waals surface area contributed by atoms with Crippen molar-refractivity contribution >= 4 is 38.9 Å². The van der Waals surface area contributed by atoms with E-state index in [-0.39, 0.29) is 23.8 Å². The number of aromatic nitrogens is 2. The lowest BCUT2D eigenvalue weighted by atomic mass is 10.2. The molecule has 8 nitrogen and oxygen atoms in total. The van der Waals surface area contributed by atoms with Crippen LogP contribution in [0.3, 0.4) is 0 Å². The number of methoxy groups -OCH3 is 1. The molecule has 0 bridgehead atoms. The zero-order chi connectivity index (χ0) is 21.1. The summed E-state index contributed by atoms with van der Waals surface area (Å²) in [5, 5.41) is 3.29. The maximum atomic E-state index is 12.5. The number of hydrogen-bond donors (Lipinski definition) is 3. The molecule has 152 valence electrons. The van der Waals surface area contributed by atoms with E-state index in [2.05, 4.69) is 15.3 Å². The van der Waals surface area contributed by atoms with Crippen LogP contribution in [0.1, 0.15) is 28.0 Å². The summed E-state index contributed by atoms with van der Waals surface area (Å²) in [5.74, 6) is 0.966. The van der Waals surface area contributed by atoms with Gasteiger partial charge in [0.2, 0.25) is 0 Å². The molecule has 0 saturated heterocycles. The van der Waals surface area contributed by atoms with Crippen LogP contribution in [0.5, 0.6) is 5.75 Å². The van der Waals surface area contributed by atoms with Gasteiger partial charge in [-0.3, -0.25) is 14.4 Å². The maximum Gasteiger partial charge on any atom is 0.279 e. The summed E-state index contributed by atoms with van der Waals surface area (Å²) in [7, 11) is 3.43. The standard InChI is InChI=1S/C20H22N4O4S/c1-11-17-19(27)22-15(23-20(17)29-18(11)12(2)25)9-24(3)10-16(26)21-13-5-7-14(28-4)8-6-13/h5-8H,9-10H2,1-4H3,(H,21,26)(H,22,23,27)/p+1. The second-order valence-electron chi connectivity index (χ2n) is 6.89. The first-order chi connectivity index (χ1) is 13.8. The van der Waals surface area contributed by atoms with Crippen LogP contribution in [-0.4, -0.2) is 42.4 Å². The predicted octanol–water partition coefficient (Wildman–Crippen LogP) is 1.16. The first kappa shape index (κ1) is 20.7. The quantitative estimate of drug-likeness (QED) is 0.502. The van der Waals surface area contributed by atoms with Crippen molar-refractivity contribution in [3.8, 4) is 5.75 Å². The molecule has 0 saturated carbocycles. The van der Waals surface area contributed by atoms with Gasteiger partial charge in [-0.05, 0) is 43.7 Å². The van der Waals surface area contributed by atoms with E-state index in [1.165, 1.54) is 18.3 Å². The smallest absolute Gasteiger partial charge is 0.279 e. The van der Waals surface area contributed by atoms with E-state index in [9.17, 15) is 14.4 Å². The Bertz CT molecular complexity index is 1120. The Morgan fingerprint density at radius 2 is 1.97 bits per heavy atom. The monoisotopic (exact) mass is 415 g/mol. The van der Waals surface area contributed by atoms with Gasteiger partial charge in [0.1, 0.15) is 17.1 Å². The van der Waals surface area contributed by atoms with Gasteiger partial charge in [-0.25, -0.2) is 4.98 Å². The van der Waals surface area contributed by atoms with E-state index in [1.807, 2.05) is 7.05 Å². The summed E-state index contributed by atoms with van der Waals surface area (Å²) < 4.78 is 5.10. The number of ketones is 1. The van der Waals surface area contributed by atoms with Crippen molar-refractivity contribution in [2.45, 2.75) is 20.4 Å². The van der Waals surface area contributed by atoms with Crippen LogP contribution in [0.2, 0.25) is 0 Å². The molecule has 0 fully saturated rings. The highest BCUT2D eigenvalue weighted by molar-refractivity contribution is 7.20. The maximum absolute atomic E-state index is 12.5. The number of Topliss-reactive ketones (excluding diaryl/α,β-unsaturated/α-hetero) is 1. The Kier molecular flexibility index (Phi) is 6.09. The number of benzene rings is 1. The van der Waals surface area contributed by atoms with Crippen LogP contribution in [-0.2, 0) is 11.3 Å². The molecule has 0 aliphatic rings. The van der Waals surface area contributed by atoms with Gasteiger partial charge in [0.05, 0.1) is 24.4 Å². The minimum absolute atomic E-state index is 0.0793. The molecular formula is C20H23N4O4S+.